The van der Waals surface area contributed by atoms with E-state index in [-0.39, 0.29) is 11.7 Å². The molecule has 0 saturated heterocycles. The van der Waals surface area contributed by atoms with Crippen LogP contribution in [-0.4, -0.2) is 42.2 Å². The van der Waals surface area contributed by atoms with Crippen molar-refractivity contribution in [3.63, 3.8) is 0 Å². The highest BCUT2D eigenvalue weighted by molar-refractivity contribution is 5.98. The molecule has 0 atom stereocenters. The Hall–Kier alpha value is -2.66. The summed E-state index contributed by atoms with van der Waals surface area (Å²) in [4.78, 5) is 15.2. The van der Waals surface area contributed by atoms with Crippen molar-refractivity contribution >= 4 is 16.8 Å². The number of hydrogen-bond acceptors (Lipinski definition) is 2. The summed E-state index contributed by atoms with van der Waals surface area (Å²) in [5, 5.41) is 0.976. The molecule has 0 aliphatic heterocycles. The number of amides is 1. The average molecular weight is 382 g/mol. The topological polar surface area (TPSA) is 34.5 Å². The predicted molar refractivity (Wildman–Crippen MR) is 110 cm³/mol. The molecule has 1 amide bonds. The van der Waals surface area contributed by atoms with E-state index in [4.69, 9.17) is 4.74 Å². The summed E-state index contributed by atoms with van der Waals surface area (Å²) in [6.45, 7) is 4.13. The van der Waals surface area contributed by atoms with Crippen molar-refractivity contribution in [3.05, 3.63) is 71.7 Å². The highest BCUT2D eigenvalue weighted by atomic mass is 19.1. The number of methoxy groups -OCH3 is 1. The Labute approximate surface area is 165 Å². The molecule has 28 heavy (non-hydrogen) atoms. The zero-order valence-electron chi connectivity index (χ0n) is 16.5. The largest absolute Gasteiger partial charge is 0.383 e. The first kappa shape index (κ1) is 20.1. The molecule has 0 bridgehead atoms. The minimum atomic E-state index is -0.263. The minimum Gasteiger partial charge on any atom is -0.383 e. The Morgan fingerprint density at radius 1 is 1.11 bits per heavy atom. The standard InChI is InChI=1S/C23H27FN2O2/c1-3-4-13-25(14-15-28-2)23(27)22-16-18-9-6-8-12-21(18)26(22)17-19-10-5-7-11-20(19)24/h5-12,16H,3-4,13-15,17H2,1-2H3. The Balaban J connectivity index is 2.01. The van der Waals surface area contributed by atoms with Gasteiger partial charge in [-0.05, 0) is 24.6 Å². The number of benzene rings is 2. The lowest BCUT2D eigenvalue weighted by Gasteiger charge is -2.23. The second kappa shape index (κ2) is 9.51. The molecule has 0 fully saturated rings. The van der Waals surface area contributed by atoms with Gasteiger partial charge in [-0.3, -0.25) is 4.79 Å². The third kappa shape index (κ3) is 4.42. The fourth-order valence-corrected chi connectivity index (χ4v) is 3.38. The smallest absolute Gasteiger partial charge is 0.270 e. The van der Waals surface area contributed by atoms with Gasteiger partial charge in [0.1, 0.15) is 11.5 Å². The first-order valence-corrected chi connectivity index (χ1v) is 9.75. The first-order valence-electron chi connectivity index (χ1n) is 9.75. The molecule has 0 N–H and O–H groups in total. The fourth-order valence-electron chi connectivity index (χ4n) is 3.38. The Morgan fingerprint density at radius 2 is 1.86 bits per heavy atom. The van der Waals surface area contributed by atoms with Crippen molar-refractivity contribution in [2.24, 2.45) is 0 Å². The predicted octanol–water partition coefficient (Wildman–Crippen LogP) is 4.72. The SMILES string of the molecule is CCCCN(CCOC)C(=O)c1cc2ccccc2n1Cc1ccccc1F. The van der Waals surface area contributed by atoms with Crippen LogP contribution in [0.5, 0.6) is 0 Å². The average Bonchev–Trinajstić information content (AvgIpc) is 3.08. The normalized spacial score (nSPS) is 11.1. The highest BCUT2D eigenvalue weighted by Crippen LogP contribution is 2.23. The van der Waals surface area contributed by atoms with E-state index < -0.39 is 0 Å². The van der Waals surface area contributed by atoms with Gasteiger partial charge < -0.3 is 14.2 Å². The van der Waals surface area contributed by atoms with E-state index in [1.54, 1.807) is 19.2 Å². The van der Waals surface area contributed by atoms with E-state index in [1.165, 1.54) is 6.07 Å². The van der Waals surface area contributed by atoms with Crippen LogP contribution < -0.4 is 0 Å². The van der Waals surface area contributed by atoms with Crippen molar-refractivity contribution in [2.45, 2.75) is 26.3 Å². The van der Waals surface area contributed by atoms with Gasteiger partial charge >= 0.3 is 0 Å². The number of rotatable bonds is 9. The van der Waals surface area contributed by atoms with E-state index in [1.807, 2.05) is 45.9 Å². The van der Waals surface area contributed by atoms with Crippen LogP contribution in [0.4, 0.5) is 4.39 Å². The van der Waals surface area contributed by atoms with Gasteiger partial charge in [-0.15, -0.1) is 0 Å². The third-order valence-electron chi connectivity index (χ3n) is 4.95. The molecule has 2 aromatic carbocycles. The van der Waals surface area contributed by atoms with Crippen LogP contribution in [0.3, 0.4) is 0 Å². The lowest BCUT2D eigenvalue weighted by atomic mass is 10.2. The maximum atomic E-state index is 14.3. The second-order valence-electron chi connectivity index (χ2n) is 6.90. The third-order valence-corrected chi connectivity index (χ3v) is 4.95. The maximum absolute atomic E-state index is 14.3. The zero-order valence-corrected chi connectivity index (χ0v) is 16.5. The van der Waals surface area contributed by atoms with Crippen molar-refractivity contribution < 1.29 is 13.9 Å². The lowest BCUT2D eigenvalue weighted by Crippen LogP contribution is -2.36. The van der Waals surface area contributed by atoms with Crippen LogP contribution in [0.1, 0.15) is 35.8 Å². The Bertz CT molecular complexity index is 927. The van der Waals surface area contributed by atoms with E-state index >= 15 is 0 Å². The fraction of sp³-hybridized carbons (Fsp3) is 0.348. The van der Waals surface area contributed by atoms with Crippen LogP contribution in [0.2, 0.25) is 0 Å². The second-order valence-corrected chi connectivity index (χ2v) is 6.90. The van der Waals surface area contributed by atoms with Crippen LogP contribution >= 0.6 is 0 Å². The molecule has 3 rings (SSSR count). The number of halogens is 1. The number of fused-ring (bicyclic) bond motifs is 1. The van der Waals surface area contributed by atoms with E-state index in [2.05, 4.69) is 6.92 Å². The van der Waals surface area contributed by atoms with E-state index in [9.17, 15) is 9.18 Å². The molecule has 0 saturated carbocycles. The van der Waals surface area contributed by atoms with Crippen molar-refractivity contribution in [2.75, 3.05) is 26.8 Å². The molecule has 148 valence electrons. The van der Waals surface area contributed by atoms with Crippen LogP contribution in [0.15, 0.2) is 54.6 Å². The molecular formula is C23H27FN2O2. The molecular weight excluding hydrogens is 355 g/mol. The molecule has 1 heterocycles. The molecule has 5 heteroatoms. The molecule has 0 aliphatic carbocycles. The summed E-state index contributed by atoms with van der Waals surface area (Å²) in [6, 6.07) is 16.5. The Kier molecular flexibility index (Phi) is 6.82. The summed E-state index contributed by atoms with van der Waals surface area (Å²) in [6.07, 6.45) is 1.94. The van der Waals surface area contributed by atoms with Gasteiger partial charge in [0.05, 0.1) is 13.2 Å². The minimum absolute atomic E-state index is 0.0435. The van der Waals surface area contributed by atoms with Gasteiger partial charge in [0.15, 0.2) is 0 Å². The summed E-state index contributed by atoms with van der Waals surface area (Å²) in [5.74, 6) is -0.307. The van der Waals surface area contributed by atoms with Crippen LogP contribution in [-0.2, 0) is 11.3 Å². The van der Waals surface area contributed by atoms with Gasteiger partial charge in [-0.2, -0.15) is 0 Å². The molecule has 0 aliphatic rings. The Morgan fingerprint density at radius 3 is 2.61 bits per heavy atom. The van der Waals surface area contributed by atoms with Gasteiger partial charge in [-0.1, -0.05) is 49.7 Å². The first-order chi connectivity index (χ1) is 13.7. The summed E-state index contributed by atoms with van der Waals surface area (Å²) in [5.41, 5.74) is 2.07. The molecule has 0 spiro atoms. The number of unbranched alkanes of at least 4 members (excludes halogenated alkanes) is 1. The number of aromatic nitrogens is 1. The van der Waals surface area contributed by atoms with E-state index in [0.717, 1.165) is 23.7 Å². The van der Waals surface area contributed by atoms with Crippen LogP contribution in [0.25, 0.3) is 10.9 Å². The maximum Gasteiger partial charge on any atom is 0.270 e. The molecule has 4 nitrogen and oxygen atoms in total. The summed E-state index contributed by atoms with van der Waals surface area (Å²) < 4.78 is 21.4. The summed E-state index contributed by atoms with van der Waals surface area (Å²) in [7, 11) is 1.64. The number of para-hydroxylation sites is 1. The van der Waals surface area contributed by atoms with E-state index in [0.29, 0.717) is 37.5 Å². The highest BCUT2D eigenvalue weighted by Gasteiger charge is 2.21. The summed E-state index contributed by atoms with van der Waals surface area (Å²) >= 11 is 0. The molecule has 0 radical (unpaired) electrons. The number of ether oxygens (including phenoxy) is 1. The van der Waals surface area contributed by atoms with Crippen molar-refractivity contribution in [1.29, 1.82) is 0 Å². The lowest BCUT2D eigenvalue weighted by molar-refractivity contribution is 0.0683. The van der Waals surface area contributed by atoms with Gasteiger partial charge in [0, 0.05) is 36.7 Å². The number of carbonyl (C=O) groups is 1. The molecule has 0 unspecified atom stereocenters. The molecule has 1 aromatic heterocycles. The van der Waals surface area contributed by atoms with Crippen LogP contribution in [0, 0.1) is 5.82 Å². The van der Waals surface area contributed by atoms with Gasteiger partial charge in [-0.25, -0.2) is 4.39 Å². The number of hydrogen-bond donors (Lipinski definition) is 0. The quantitative estimate of drug-likeness (QED) is 0.537. The monoisotopic (exact) mass is 382 g/mol. The number of carbonyl (C=O) groups excluding carboxylic acids is 1. The van der Waals surface area contributed by atoms with Gasteiger partial charge in [0.2, 0.25) is 0 Å². The zero-order chi connectivity index (χ0) is 19.9. The van der Waals surface area contributed by atoms with Crippen molar-refractivity contribution in [1.82, 2.24) is 9.47 Å². The molecule has 3 aromatic rings. The number of nitrogens with zero attached hydrogens (tertiary/aromatic N) is 2. The van der Waals surface area contributed by atoms with Gasteiger partial charge in [0.25, 0.3) is 5.91 Å². The van der Waals surface area contributed by atoms with Crippen molar-refractivity contribution in [3.8, 4) is 0 Å².